The highest BCUT2D eigenvalue weighted by atomic mass is 14.9. The van der Waals surface area contributed by atoms with Crippen LogP contribution < -0.4 is 11.1 Å². The molecular formula is C14H30N2. The molecule has 0 amide bonds. The Hall–Kier alpha value is -0.0800. The molecule has 0 spiro atoms. The molecule has 0 aromatic heterocycles. The van der Waals surface area contributed by atoms with Gasteiger partial charge in [0.1, 0.15) is 0 Å². The van der Waals surface area contributed by atoms with Crippen LogP contribution in [-0.4, -0.2) is 19.1 Å². The number of rotatable bonds is 6. The normalized spacial score (nSPS) is 28.7. The molecule has 1 aliphatic rings. The third-order valence-corrected chi connectivity index (χ3v) is 4.15. The lowest BCUT2D eigenvalue weighted by Gasteiger charge is -2.18. The lowest BCUT2D eigenvalue weighted by atomic mass is 10.0. The largest absolute Gasteiger partial charge is 0.330 e. The van der Waals surface area contributed by atoms with Crippen molar-refractivity contribution in [2.24, 2.45) is 17.6 Å². The van der Waals surface area contributed by atoms with Gasteiger partial charge in [0, 0.05) is 6.04 Å². The van der Waals surface area contributed by atoms with Crippen LogP contribution in [0.1, 0.15) is 58.8 Å². The molecule has 0 saturated heterocycles. The zero-order valence-electron chi connectivity index (χ0n) is 11.2. The summed E-state index contributed by atoms with van der Waals surface area (Å²) in [5.41, 5.74) is 5.72. The van der Waals surface area contributed by atoms with Gasteiger partial charge in [-0.1, -0.05) is 33.1 Å². The van der Waals surface area contributed by atoms with E-state index in [-0.39, 0.29) is 0 Å². The molecule has 0 radical (unpaired) electrons. The maximum Gasteiger partial charge on any atom is 0.00671 e. The number of hydrogen-bond acceptors (Lipinski definition) is 2. The quantitative estimate of drug-likeness (QED) is 0.683. The summed E-state index contributed by atoms with van der Waals surface area (Å²) in [6.07, 6.45) is 9.47. The van der Waals surface area contributed by atoms with Crippen LogP contribution in [0.3, 0.4) is 0 Å². The second kappa shape index (κ2) is 8.08. The highest BCUT2D eigenvalue weighted by Crippen LogP contribution is 2.22. The van der Waals surface area contributed by atoms with Gasteiger partial charge in [0.2, 0.25) is 0 Å². The van der Waals surface area contributed by atoms with E-state index in [1.807, 2.05) is 0 Å². The molecule has 1 rings (SSSR count). The maximum atomic E-state index is 5.72. The second-order valence-corrected chi connectivity index (χ2v) is 5.56. The van der Waals surface area contributed by atoms with Crippen LogP contribution in [0, 0.1) is 11.8 Å². The molecule has 3 atom stereocenters. The summed E-state index contributed by atoms with van der Waals surface area (Å²) in [7, 11) is 0. The average molecular weight is 226 g/mol. The summed E-state index contributed by atoms with van der Waals surface area (Å²) in [6, 6.07) is 0.778. The topological polar surface area (TPSA) is 38.0 Å². The smallest absolute Gasteiger partial charge is 0.00671 e. The van der Waals surface area contributed by atoms with Crippen molar-refractivity contribution in [3.63, 3.8) is 0 Å². The molecule has 2 nitrogen and oxygen atoms in total. The summed E-state index contributed by atoms with van der Waals surface area (Å²) in [6.45, 7) is 6.64. The molecule has 0 aromatic carbocycles. The summed E-state index contributed by atoms with van der Waals surface area (Å²) >= 11 is 0. The van der Waals surface area contributed by atoms with Crippen LogP contribution >= 0.6 is 0 Å². The Morgan fingerprint density at radius 1 is 1.25 bits per heavy atom. The fourth-order valence-electron chi connectivity index (χ4n) is 2.67. The summed E-state index contributed by atoms with van der Waals surface area (Å²) in [5.74, 6) is 1.66. The Labute approximate surface area is 101 Å². The predicted octanol–water partition coefficient (Wildman–Crippen LogP) is 2.92. The van der Waals surface area contributed by atoms with E-state index in [4.69, 9.17) is 5.73 Å². The monoisotopic (exact) mass is 226 g/mol. The molecule has 1 fully saturated rings. The van der Waals surface area contributed by atoms with Crippen LogP contribution in [0.4, 0.5) is 0 Å². The van der Waals surface area contributed by atoms with Crippen molar-refractivity contribution < 1.29 is 0 Å². The van der Waals surface area contributed by atoms with Gasteiger partial charge in [-0.05, 0) is 50.6 Å². The van der Waals surface area contributed by atoms with Crippen LogP contribution in [-0.2, 0) is 0 Å². The van der Waals surface area contributed by atoms with Crippen molar-refractivity contribution in [1.82, 2.24) is 5.32 Å². The lowest BCUT2D eigenvalue weighted by Crippen LogP contribution is -2.31. The Bertz CT molecular complexity index is 166. The van der Waals surface area contributed by atoms with Gasteiger partial charge in [0.15, 0.2) is 0 Å². The Kier molecular flexibility index (Phi) is 7.06. The van der Waals surface area contributed by atoms with Gasteiger partial charge in [-0.2, -0.15) is 0 Å². The molecule has 0 aromatic rings. The fourth-order valence-corrected chi connectivity index (χ4v) is 2.67. The number of nitrogens with two attached hydrogens (primary N) is 1. The zero-order chi connectivity index (χ0) is 11.8. The fraction of sp³-hybridized carbons (Fsp3) is 1.00. The minimum Gasteiger partial charge on any atom is -0.330 e. The molecule has 3 N–H and O–H groups in total. The van der Waals surface area contributed by atoms with E-state index in [0.29, 0.717) is 0 Å². The van der Waals surface area contributed by atoms with Crippen LogP contribution in [0.2, 0.25) is 0 Å². The molecule has 3 unspecified atom stereocenters. The minimum absolute atomic E-state index is 0.720. The van der Waals surface area contributed by atoms with Crippen LogP contribution in [0.15, 0.2) is 0 Å². The van der Waals surface area contributed by atoms with E-state index < -0.39 is 0 Å². The highest BCUT2D eigenvalue weighted by molar-refractivity contribution is 4.73. The van der Waals surface area contributed by atoms with Gasteiger partial charge in [0.25, 0.3) is 0 Å². The Balaban J connectivity index is 2.12. The SMILES string of the molecule is CCC(CN)CCNC1CCCC(C)CC1. The van der Waals surface area contributed by atoms with Gasteiger partial charge in [-0.25, -0.2) is 0 Å². The lowest BCUT2D eigenvalue weighted by molar-refractivity contribution is 0.404. The Morgan fingerprint density at radius 2 is 2.06 bits per heavy atom. The van der Waals surface area contributed by atoms with Gasteiger partial charge in [-0.15, -0.1) is 0 Å². The van der Waals surface area contributed by atoms with E-state index in [9.17, 15) is 0 Å². The molecule has 0 aliphatic heterocycles. The molecule has 96 valence electrons. The molecule has 0 bridgehead atoms. The third kappa shape index (κ3) is 5.31. The van der Waals surface area contributed by atoms with Crippen LogP contribution in [0.25, 0.3) is 0 Å². The first-order valence-corrected chi connectivity index (χ1v) is 7.19. The van der Waals surface area contributed by atoms with Gasteiger partial charge in [-0.3, -0.25) is 0 Å². The summed E-state index contributed by atoms with van der Waals surface area (Å²) < 4.78 is 0. The van der Waals surface area contributed by atoms with Crippen molar-refractivity contribution in [2.45, 2.75) is 64.8 Å². The van der Waals surface area contributed by atoms with Crippen molar-refractivity contribution in [1.29, 1.82) is 0 Å². The number of hydrogen-bond donors (Lipinski definition) is 2. The van der Waals surface area contributed by atoms with Crippen LogP contribution in [0.5, 0.6) is 0 Å². The van der Waals surface area contributed by atoms with Gasteiger partial charge >= 0.3 is 0 Å². The molecule has 0 heterocycles. The van der Waals surface area contributed by atoms with Gasteiger partial charge in [0.05, 0.1) is 0 Å². The van der Waals surface area contributed by atoms with E-state index >= 15 is 0 Å². The van der Waals surface area contributed by atoms with E-state index in [1.54, 1.807) is 0 Å². The molecule has 1 saturated carbocycles. The minimum atomic E-state index is 0.720. The summed E-state index contributed by atoms with van der Waals surface area (Å²) in [5, 5.41) is 3.73. The first kappa shape index (κ1) is 14.0. The number of nitrogens with one attached hydrogen (secondary N) is 1. The average Bonchev–Trinajstić information content (AvgIpc) is 2.50. The second-order valence-electron chi connectivity index (χ2n) is 5.56. The Morgan fingerprint density at radius 3 is 2.75 bits per heavy atom. The molecule has 16 heavy (non-hydrogen) atoms. The predicted molar refractivity (Wildman–Crippen MR) is 71.5 cm³/mol. The van der Waals surface area contributed by atoms with Crippen molar-refractivity contribution in [2.75, 3.05) is 13.1 Å². The van der Waals surface area contributed by atoms with E-state index in [2.05, 4.69) is 19.2 Å². The third-order valence-electron chi connectivity index (χ3n) is 4.15. The van der Waals surface area contributed by atoms with Crippen molar-refractivity contribution in [3.05, 3.63) is 0 Å². The molecule has 1 aliphatic carbocycles. The van der Waals surface area contributed by atoms with E-state index in [1.165, 1.54) is 44.9 Å². The van der Waals surface area contributed by atoms with Gasteiger partial charge < -0.3 is 11.1 Å². The summed E-state index contributed by atoms with van der Waals surface area (Å²) in [4.78, 5) is 0. The molecular weight excluding hydrogens is 196 g/mol. The highest BCUT2D eigenvalue weighted by Gasteiger charge is 2.15. The van der Waals surface area contributed by atoms with E-state index in [0.717, 1.165) is 31.0 Å². The van der Waals surface area contributed by atoms with Crippen molar-refractivity contribution in [3.8, 4) is 0 Å². The zero-order valence-corrected chi connectivity index (χ0v) is 11.2. The first-order valence-electron chi connectivity index (χ1n) is 7.19. The standard InChI is InChI=1S/C14H30N2/c1-3-13(11-15)9-10-16-14-6-4-5-12(2)7-8-14/h12-14,16H,3-11,15H2,1-2H3. The molecule has 2 heteroatoms. The van der Waals surface area contributed by atoms with Crippen molar-refractivity contribution >= 4 is 0 Å². The first-order chi connectivity index (χ1) is 7.76. The maximum absolute atomic E-state index is 5.72.